The average molecular weight is 621 g/mol. The predicted molar refractivity (Wildman–Crippen MR) is 172 cm³/mol. The maximum Gasteiger partial charge on any atom is 0.319 e. The molecule has 2 bridgehead atoms. The minimum Gasteiger partial charge on any atom is -0.477 e. The van der Waals surface area contributed by atoms with E-state index in [9.17, 15) is 4.39 Å². The van der Waals surface area contributed by atoms with Crippen LogP contribution < -0.4 is 19.7 Å². The third-order valence-corrected chi connectivity index (χ3v) is 10.8. The number of aromatic nitrogens is 3. The van der Waals surface area contributed by atoms with Crippen molar-refractivity contribution in [3.05, 3.63) is 59.7 Å². The topological polar surface area (TPSA) is 75.6 Å². The second-order valence-corrected chi connectivity index (χ2v) is 13.5. The zero-order chi connectivity index (χ0) is 31.2. The molecule has 7 heterocycles. The number of halogens is 2. The van der Waals surface area contributed by atoms with Crippen LogP contribution in [0.4, 0.5) is 14.6 Å². The van der Waals surface area contributed by atoms with Gasteiger partial charge < -0.3 is 19.7 Å². The molecule has 46 heavy (non-hydrogen) atoms. The van der Waals surface area contributed by atoms with Crippen molar-refractivity contribution in [3.8, 4) is 35.5 Å². The summed E-state index contributed by atoms with van der Waals surface area (Å²) < 4.78 is 44.8. The summed E-state index contributed by atoms with van der Waals surface area (Å²) in [4.78, 5) is 19.2. The lowest BCUT2D eigenvalue weighted by atomic mass is 9.94. The van der Waals surface area contributed by atoms with Gasteiger partial charge in [-0.1, -0.05) is 42.3 Å². The van der Waals surface area contributed by atoms with Gasteiger partial charge in [0.25, 0.3) is 0 Å². The number of ether oxygens (including phenoxy) is 2. The molecule has 0 amide bonds. The van der Waals surface area contributed by atoms with Crippen molar-refractivity contribution in [3.63, 3.8) is 0 Å². The van der Waals surface area contributed by atoms with Crippen molar-refractivity contribution in [1.29, 1.82) is 0 Å². The van der Waals surface area contributed by atoms with Gasteiger partial charge in [-0.2, -0.15) is 9.97 Å². The van der Waals surface area contributed by atoms with Gasteiger partial charge in [0.1, 0.15) is 34.8 Å². The standard InChI is InChI=1S/C36H34F2N6O2/c1-3-23-25(37)10-8-21-6-4-7-24(28(21)23)31-30(38)32-29-33(42-35(41-32)46-19-36-13-5-14-43(36)17-20(2)16-36)44-18-22-9-11-26(39-22)27(44)12-15-45-34(29)40-31/h1,4,6-8,10,22,26-27,39H,2,5,9,11-19H2/t22-,26+,27-,36?/m1/s1. The summed E-state index contributed by atoms with van der Waals surface area (Å²) in [7, 11) is 0. The third kappa shape index (κ3) is 4.14. The van der Waals surface area contributed by atoms with E-state index in [1.165, 1.54) is 11.6 Å². The maximum absolute atomic E-state index is 17.1. The van der Waals surface area contributed by atoms with Crippen molar-refractivity contribution >= 4 is 27.5 Å². The number of fused-ring (bicyclic) bond motifs is 7. The highest BCUT2D eigenvalue weighted by Gasteiger charge is 2.47. The summed E-state index contributed by atoms with van der Waals surface area (Å²) in [6.07, 6.45) is 11.6. The first kappa shape index (κ1) is 27.9. The Morgan fingerprint density at radius 3 is 2.93 bits per heavy atom. The molecule has 9 rings (SSSR count). The highest BCUT2D eigenvalue weighted by atomic mass is 19.1. The van der Waals surface area contributed by atoms with Crippen molar-refractivity contribution < 1.29 is 18.3 Å². The molecule has 5 aliphatic heterocycles. The molecular formula is C36H34F2N6O2. The first-order chi connectivity index (χ1) is 22.4. The minimum atomic E-state index is -0.652. The van der Waals surface area contributed by atoms with Crippen LogP contribution in [0.2, 0.25) is 0 Å². The van der Waals surface area contributed by atoms with Gasteiger partial charge in [0.2, 0.25) is 5.88 Å². The number of anilines is 1. The molecule has 4 atom stereocenters. The summed E-state index contributed by atoms with van der Waals surface area (Å²) in [5, 5.41) is 5.28. The lowest BCUT2D eigenvalue weighted by Gasteiger charge is -2.43. The van der Waals surface area contributed by atoms with Crippen LogP contribution in [0.15, 0.2) is 42.5 Å². The van der Waals surface area contributed by atoms with Crippen LogP contribution in [-0.2, 0) is 0 Å². The summed E-state index contributed by atoms with van der Waals surface area (Å²) in [5.41, 5.74) is 1.55. The number of nitrogens with zero attached hydrogens (tertiary/aromatic N) is 5. The van der Waals surface area contributed by atoms with E-state index in [4.69, 9.17) is 30.8 Å². The Hall–Kier alpha value is -4.33. The zero-order valence-corrected chi connectivity index (χ0v) is 25.5. The number of hydrogen-bond acceptors (Lipinski definition) is 8. The highest BCUT2D eigenvalue weighted by Crippen LogP contribution is 2.45. The van der Waals surface area contributed by atoms with Crippen LogP contribution in [-0.4, -0.2) is 76.4 Å². The molecule has 2 aromatic carbocycles. The molecule has 0 saturated carbocycles. The molecule has 0 aliphatic carbocycles. The number of benzene rings is 2. The van der Waals surface area contributed by atoms with Crippen LogP contribution in [0.25, 0.3) is 32.9 Å². The van der Waals surface area contributed by atoms with Gasteiger partial charge in [0, 0.05) is 48.6 Å². The molecule has 8 nitrogen and oxygen atoms in total. The van der Waals surface area contributed by atoms with E-state index in [1.807, 2.05) is 6.07 Å². The van der Waals surface area contributed by atoms with E-state index < -0.39 is 11.6 Å². The third-order valence-electron chi connectivity index (χ3n) is 10.8. The van der Waals surface area contributed by atoms with Gasteiger partial charge in [-0.3, -0.25) is 4.90 Å². The molecular weight excluding hydrogens is 586 g/mol. The van der Waals surface area contributed by atoms with Gasteiger partial charge in [0.15, 0.2) is 5.82 Å². The summed E-state index contributed by atoms with van der Waals surface area (Å²) in [6, 6.07) is 9.15. The number of terminal acetylenes is 1. The largest absolute Gasteiger partial charge is 0.477 e. The molecule has 5 aliphatic rings. The summed E-state index contributed by atoms with van der Waals surface area (Å²) in [5.74, 6) is 2.10. The number of hydrogen-bond donors (Lipinski definition) is 1. The van der Waals surface area contributed by atoms with Crippen LogP contribution in [0, 0.1) is 24.0 Å². The van der Waals surface area contributed by atoms with E-state index in [-0.39, 0.29) is 40.2 Å². The Morgan fingerprint density at radius 2 is 2.04 bits per heavy atom. The average Bonchev–Trinajstić information content (AvgIpc) is 3.72. The quantitative estimate of drug-likeness (QED) is 0.241. The second-order valence-electron chi connectivity index (χ2n) is 13.5. The van der Waals surface area contributed by atoms with Crippen LogP contribution >= 0.6 is 0 Å². The van der Waals surface area contributed by atoms with Crippen molar-refractivity contribution in [2.24, 2.45) is 0 Å². The first-order valence-electron chi connectivity index (χ1n) is 16.2. The number of pyridine rings is 1. The SMILES string of the molecule is C#Cc1c(F)ccc2cccc(-c3nc4c5c(nc(OCC67CCCN6CC(=C)C7)nc5c3F)N3C[C@H]5CC[C@H](N5)[C@H]3CCO4)c12. The van der Waals surface area contributed by atoms with E-state index in [2.05, 4.69) is 27.6 Å². The molecule has 0 spiro atoms. The van der Waals surface area contributed by atoms with E-state index in [1.54, 1.807) is 18.2 Å². The van der Waals surface area contributed by atoms with Crippen molar-refractivity contribution in [1.82, 2.24) is 25.2 Å². The predicted octanol–water partition coefficient (Wildman–Crippen LogP) is 5.37. The molecule has 10 heteroatoms. The molecule has 4 saturated heterocycles. The fourth-order valence-corrected chi connectivity index (χ4v) is 8.76. The van der Waals surface area contributed by atoms with Crippen LogP contribution in [0.3, 0.4) is 0 Å². The Kier molecular flexibility index (Phi) is 6.28. The molecule has 234 valence electrons. The summed E-state index contributed by atoms with van der Waals surface area (Å²) >= 11 is 0. The maximum atomic E-state index is 17.1. The fraction of sp³-hybridized carbons (Fsp3) is 0.417. The van der Waals surface area contributed by atoms with Crippen molar-refractivity contribution in [2.45, 2.75) is 62.2 Å². The van der Waals surface area contributed by atoms with Gasteiger partial charge >= 0.3 is 6.01 Å². The highest BCUT2D eigenvalue weighted by molar-refractivity contribution is 6.03. The molecule has 2 aromatic heterocycles. The van der Waals surface area contributed by atoms with E-state index in [0.29, 0.717) is 52.8 Å². The smallest absolute Gasteiger partial charge is 0.319 e. The normalized spacial score (nSPS) is 26.8. The van der Waals surface area contributed by atoms with Gasteiger partial charge in [-0.15, -0.1) is 6.42 Å². The van der Waals surface area contributed by atoms with Crippen LogP contribution in [0.1, 0.15) is 44.1 Å². The lowest BCUT2D eigenvalue weighted by Crippen LogP contribution is -2.59. The van der Waals surface area contributed by atoms with Gasteiger partial charge in [-0.25, -0.2) is 13.8 Å². The van der Waals surface area contributed by atoms with E-state index in [0.717, 1.165) is 58.2 Å². The number of rotatable bonds is 4. The molecule has 4 aromatic rings. The Morgan fingerprint density at radius 1 is 1.13 bits per heavy atom. The minimum absolute atomic E-state index is 0.00374. The van der Waals surface area contributed by atoms with E-state index >= 15 is 4.39 Å². The Labute approximate surface area is 265 Å². The number of nitrogens with one attached hydrogen (secondary N) is 1. The van der Waals surface area contributed by atoms with Crippen molar-refractivity contribution in [2.75, 3.05) is 37.7 Å². The lowest BCUT2D eigenvalue weighted by molar-refractivity contribution is 0.108. The molecule has 4 fully saturated rings. The monoisotopic (exact) mass is 620 g/mol. The zero-order valence-electron chi connectivity index (χ0n) is 25.5. The van der Waals surface area contributed by atoms with Gasteiger partial charge in [0.05, 0.1) is 17.7 Å². The molecule has 1 unspecified atom stereocenters. The van der Waals surface area contributed by atoms with Crippen LogP contribution in [0.5, 0.6) is 11.9 Å². The Balaban J connectivity index is 1.25. The Bertz CT molecular complexity index is 1990. The molecule has 0 radical (unpaired) electrons. The number of piperazine rings is 1. The molecule has 1 N–H and O–H groups in total. The summed E-state index contributed by atoms with van der Waals surface area (Å²) in [6.45, 7) is 7.66. The fourth-order valence-electron chi connectivity index (χ4n) is 8.76. The first-order valence-corrected chi connectivity index (χ1v) is 16.2. The van der Waals surface area contributed by atoms with Gasteiger partial charge in [-0.05, 0) is 50.1 Å². The second kappa shape index (κ2) is 10.3.